The first-order chi connectivity index (χ1) is 12.1. The molecule has 0 bridgehead atoms. The first-order valence-corrected chi connectivity index (χ1v) is 9.79. The molecule has 1 aliphatic carbocycles. The van der Waals surface area contributed by atoms with Gasteiger partial charge < -0.3 is 14.8 Å². The van der Waals surface area contributed by atoms with Crippen LogP contribution >= 0.6 is 0 Å². The molecule has 1 unspecified atom stereocenters. The van der Waals surface area contributed by atoms with Crippen LogP contribution in [0.15, 0.2) is 24.3 Å². The van der Waals surface area contributed by atoms with E-state index >= 15 is 0 Å². The Labute approximate surface area is 152 Å². The lowest BCUT2D eigenvalue weighted by Crippen LogP contribution is -2.43. The zero-order valence-electron chi connectivity index (χ0n) is 16.0. The number of nitrogens with one attached hydrogen (secondary N) is 1. The van der Waals surface area contributed by atoms with Crippen LogP contribution < -0.4 is 10.1 Å². The third-order valence-electron chi connectivity index (χ3n) is 4.83. The van der Waals surface area contributed by atoms with Gasteiger partial charge in [-0.2, -0.15) is 0 Å². The largest absolute Gasteiger partial charge is 0.490 e. The number of carbonyl (C=O) groups is 1. The third kappa shape index (κ3) is 6.03. The molecule has 1 aliphatic rings. The predicted molar refractivity (Wildman–Crippen MR) is 102 cm³/mol. The van der Waals surface area contributed by atoms with Crippen molar-refractivity contribution in [1.29, 1.82) is 0 Å². The molecule has 0 saturated heterocycles. The van der Waals surface area contributed by atoms with Crippen LogP contribution in [0.4, 0.5) is 5.69 Å². The molecular formula is C21H33NO3. The molecule has 1 amide bonds. The first-order valence-electron chi connectivity index (χ1n) is 9.79. The summed E-state index contributed by atoms with van der Waals surface area (Å²) in [5.74, 6) is 0.805. The number of hydrogen-bond acceptors (Lipinski definition) is 3. The average Bonchev–Trinajstić information content (AvgIpc) is 3.13. The van der Waals surface area contributed by atoms with Crippen LogP contribution in [0.5, 0.6) is 5.75 Å². The quantitative estimate of drug-likeness (QED) is 0.623. The molecule has 0 aromatic heterocycles. The Hall–Kier alpha value is -1.55. The van der Waals surface area contributed by atoms with Crippen molar-refractivity contribution in [2.24, 2.45) is 0 Å². The van der Waals surface area contributed by atoms with E-state index in [0.717, 1.165) is 50.0 Å². The summed E-state index contributed by atoms with van der Waals surface area (Å²) < 4.78 is 11.9. The number of benzene rings is 1. The minimum absolute atomic E-state index is 0.0705. The molecule has 0 radical (unpaired) electrons. The van der Waals surface area contributed by atoms with Crippen LogP contribution in [-0.2, 0) is 9.53 Å². The van der Waals surface area contributed by atoms with Crippen LogP contribution in [0.3, 0.4) is 0 Å². The highest BCUT2D eigenvalue weighted by Gasteiger charge is 2.33. The van der Waals surface area contributed by atoms with E-state index in [9.17, 15) is 4.79 Å². The van der Waals surface area contributed by atoms with Gasteiger partial charge in [-0.15, -0.1) is 0 Å². The molecule has 2 rings (SSSR count). The maximum absolute atomic E-state index is 12.7. The second kappa shape index (κ2) is 9.81. The van der Waals surface area contributed by atoms with E-state index in [1.165, 1.54) is 12.8 Å². The van der Waals surface area contributed by atoms with E-state index in [1.807, 2.05) is 31.2 Å². The smallest absolute Gasteiger partial charge is 0.256 e. The Bertz CT molecular complexity index is 512. The van der Waals surface area contributed by atoms with Crippen LogP contribution in [0.1, 0.15) is 72.1 Å². The Morgan fingerprint density at radius 1 is 1.16 bits per heavy atom. The van der Waals surface area contributed by atoms with E-state index in [-0.39, 0.29) is 5.91 Å². The van der Waals surface area contributed by atoms with Crippen molar-refractivity contribution in [3.63, 3.8) is 0 Å². The van der Waals surface area contributed by atoms with Crippen molar-refractivity contribution in [3.05, 3.63) is 24.3 Å². The predicted octanol–water partition coefficient (Wildman–Crippen LogP) is 5.32. The van der Waals surface area contributed by atoms with Gasteiger partial charge in [-0.25, -0.2) is 0 Å². The van der Waals surface area contributed by atoms with Crippen molar-refractivity contribution >= 4 is 11.6 Å². The molecule has 1 aromatic rings. The van der Waals surface area contributed by atoms with Gasteiger partial charge in [-0.1, -0.05) is 26.7 Å². The molecule has 1 saturated carbocycles. The number of hydrogen-bond donors (Lipinski definition) is 1. The van der Waals surface area contributed by atoms with Crippen molar-refractivity contribution in [1.82, 2.24) is 0 Å². The number of unbranched alkanes of at least 4 members (excludes halogenated alkanes) is 1. The Morgan fingerprint density at radius 3 is 2.44 bits per heavy atom. The van der Waals surface area contributed by atoms with E-state index in [2.05, 4.69) is 19.2 Å². The lowest BCUT2D eigenvalue weighted by Gasteiger charge is -2.28. The lowest BCUT2D eigenvalue weighted by atomic mass is 9.97. The maximum Gasteiger partial charge on any atom is 0.256 e. The molecule has 1 fully saturated rings. The molecule has 1 aromatic carbocycles. The van der Waals surface area contributed by atoms with Gasteiger partial charge in [0.1, 0.15) is 11.4 Å². The summed E-state index contributed by atoms with van der Waals surface area (Å²) in [4.78, 5) is 12.7. The molecule has 0 spiro atoms. The van der Waals surface area contributed by atoms with Crippen molar-refractivity contribution in [3.8, 4) is 5.75 Å². The number of carbonyl (C=O) groups excluding carboxylic acids is 1. The SMILES string of the molecule is CCCCC(C)(OCCC)C(=O)Nc1ccc(OC2CCCC2)cc1. The Balaban J connectivity index is 1.94. The summed E-state index contributed by atoms with van der Waals surface area (Å²) in [6, 6.07) is 7.68. The van der Waals surface area contributed by atoms with Crippen molar-refractivity contribution in [2.75, 3.05) is 11.9 Å². The van der Waals surface area contributed by atoms with Crippen molar-refractivity contribution in [2.45, 2.75) is 83.8 Å². The molecular weight excluding hydrogens is 314 g/mol. The van der Waals surface area contributed by atoms with Gasteiger partial charge in [0.15, 0.2) is 0 Å². The Morgan fingerprint density at radius 2 is 1.84 bits per heavy atom. The molecule has 4 heteroatoms. The second-order valence-electron chi connectivity index (χ2n) is 7.19. The minimum atomic E-state index is -0.773. The van der Waals surface area contributed by atoms with Crippen LogP contribution in [-0.4, -0.2) is 24.2 Å². The third-order valence-corrected chi connectivity index (χ3v) is 4.83. The average molecular weight is 347 g/mol. The fourth-order valence-electron chi connectivity index (χ4n) is 3.17. The highest BCUT2D eigenvalue weighted by Crippen LogP contribution is 2.26. The number of amides is 1. The molecule has 25 heavy (non-hydrogen) atoms. The molecule has 1 N–H and O–H groups in total. The lowest BCUT2D eigenvalue weighted by molar-refractivity contribution is -0.140. The summed E-state index contributed by atoms with van der Waals surface area (Å²) in [6.07, 6.45) is 8.81. The van der Waals surface area contributed by atoms with E-state index in [1.54, 1.807) is 0 Å². The van der Waals surface area contributed by atoms with E-state index in [0.29, 0.717) is 12.7 Å². The highest BCUT2D eigenvalue weighted by atomic mass is 16.5. The van der Waals surface area contributed by atoms with Crippen LogP contribution in [0, 0.1) is 0 Å². The van der Waals surface area contributed by atoms with Gasteiger partial charge in [-0.3, -0.25) is 4.79 Å². The number of anilines is 1. The summed E-state index contributed by atoms with van der Waals surface area (Å²) in [5, 5.41) is 3.00. The second-order valence-corrected chi connectivity index (χ2v) is 7.19. The van der Waals surface area contributed by atoms with Gasteiger partial charge in [0.25, 0.3) is 5.91 Å². The molecule has 0 heterocycles. The Kier molecular flexibility index (Phi) is 7.76. The standard InChI is InChI=1S/C21H33NO3/c1-4-6-15-21(3,24-16-5-2)20(23)22-17-11-13-19(14-12-17)25-18-9-7-8-10-18/h11-14,18H,4-10,15-16H2,1-3H3,(H,22,23). The van der Waals surface area contributed by atoms with Crippen LogP contribution in [0.2, 0.25) is 0 Å². The minimum Gasteiger partial charge on any atom is -0.490 e. The monoisotopic (exact) mass is 347 g/mol. The number of rotatable bonds is 10. The maximum atomic E-state index is 12.7. The van der Waals surface area contributed by atoms with Gasteiger partial charge in [-0.05, 0) is 69.7 Å². The zero-order valence-corrected chi connectivity index (χ0v) is 16.0. The van der Waals surface area contributed by atoms with Crippen molar-refractivity contribution < 1.29 is 14.3 Å². The summed E-state index contributed by atoms with van der Waals surface area (Å²) in [7, 11) is 0. The topological polar surface area (TPSA) is 47.6 Å². The summed E-state index contributed by atoms with van der Waals surface area (Å²) >= 11 is 0. The molecule has 0 aliphatic heterocycles. The zero-order chi connectivity index (χ0) is 18.1. The fraction of sp³-hybridized carbons (Fsp3) is 0.667. The highest BCUT2D eigenvalue weighted by molar-refractivity contribution is 5.97. The molecule has 140 valence electrons. The van der Waals surface area contributed by atoms with Gasteiger partial charge in [0, 0.05) is 12.3 Å². The van der Waals surface area contributed by atoms with Gasteiger partial charge >= 0.3 is 0 Å². The summed E-state index contributed by atoms with van der Waals surface area (Å²) in [6.45, 7) is 6.68. The van der Waals surface area contributed by atoms with Gasteiger partial charge in [0.05, 0.1) is 6.10 Å². The van der Waals surface area contributed by atoms with E-state index in [4.69, 9.17) is 9.47 Å². The van der Waals surface area contributed by atoms with Gasteiger partial charge in [0.2, 0.25) is 0 Å². The van der Waals surface area contributed by atoms with Crippen LogP contribution in [0.25, 0.3) is 0 Å². The summed E-state index contributed by atoms with van der Waals surface area (Å²) in [5.41, 5.74) is 0.0111. The molecule has 4 nitrogen and oxygen atoms in total. The normalized spacial score (nSPS) is 17.2. The number of ether oxygens (including phenoxy) is 2. The fourth-order valence-corrected chi connectivity index (χ4v) is 3.17. The van der Waals surface area contributed by atoms with E-state index < -0.39 is 5.60 Å². The molecule has 1 atom stereocenters. The first kappa shape index (κ1) is 19.8.